The van der Waals surface area contributed by atoms with Gasteiger partial charge in [0.15, 0.2) is 10.9 Å². The molecular formula is C21H26FN3O3S2. The summed E-state index contributed by atoms with van der Waals surface area (Å²) in [7, 11) is 0. The maximum absolute atomic E-state index is 15.1. The van der Waals surface area contributed by atoms with Crippen molar-refractivity contribution in [2.45, 2.75) is 63.5 Å². The third kappa shape index (κ3) is 4.76. The van der Waals surface area contributed by atoms with Crippen LogP contribution in [0.2, 0.25) is 0 Å². The molecule has 1 fully saturated rings. The molecule has 0 atom stereocenters. The summed E-state index contributed by atoms with van der Waals surface area (Å²) in [6, 6.07) is 4.84. The largest absolute Gasteiger partial charge is 0.460 e. The van der Waals surface area contributed by atoms with Crippen LogP contribution < -0.4 is 4.90 Å². The first kappa shape index (κ1) is 24.1. The van der Waals surface area contributed by atoms with Crippen LogP contribution in [0, 0.1) is 17.1 Å². The topological polar surface area (TPSA) is 73.6 Å². The molecule has 0 radical (unpaired) electrons. The number of thioether (sulfide) groups is 1. The first-order valence-electron chi connectivity index (χ1n) is 9.49. The number of amides is 1. The smallest absolute Gasteiger partial charge is 0.306 e. The van der Waals surface area contributed by atoms with Crippen molar-refractivity contribution in [3.05, 3.63) is 23.5 Å². The van der Waals surface area contributed by atoms with E-state index in [1.54, 1.807) is 45.8 Å². The summed E-state index contributed by atoms with van der Waals surface area (Å²) in [6.07, 6.45) is 2.29. The summed E-state index contributed by atoms with van der Waals surface area (Å²) >= 11 is 6.61. The Morgan fingerprint density at radius 2 is 2.00 bits per heavy atom. The summed E-state index contributed by atoms with van der Waals surface area (Å²) in [5.41, 5.74) is -1.33. The van der Waals surface area contributed by atoms with E-state index in [9.17, 15) is 14.9 Å². The molecule has 1 heterocycles. The molecule has 1 aliphatic heterocycles. The highest BCUT2D eigenvalue weighted by molar-refractivity contribution is 7.98. The summed E-state index contributed by atoms with van der Waals surface area (Å²) < 4.78 is 20.4. The quantitative estimate of drug-likeness (QED) is 0.364. The van der Waals surface area contributed by atoms with Gasteiger partial charge in [-0.3, -0.25) is 14.5 Å². The van der Waals surface area contributed by atoms with Crippen LogP contribution in [0.3, 0.4) is 0 Å². The van der Waals surface area contributed by atoms with Gasteiger partial charge in [0, 0.05) is 13.0 Å². The van der Waals surface area contributed by atoms with Crippen molar-refractivity contribution in [1.29, 1.82) is 5.26 Å². The molecule has 30 heavy (non-hydrogen) atoms. The second-order valence-electron chi connectivity index (χ2n) is 8.42. The number of benzene rings is 1. The van der Waals surface area contributed by atoms with Crippen molar-refractivity contribution >= 4 is 46.7 Å². The van der Waals surface area contributed by atoms with E-state index in [2.05, 4.69) is 0 Å². The minimum atomic E-state index is -0.995. The zero-order valence-electron chi connectivity index (χ0n) is 18.0. The van der Waals surface area contributed by atoms with E-state index >= 15 is 4.39 Å². The zero-order chi connectivity index (χ0) is 22.9. The maximum Gasteiger partial charge on any atom is 0.306 e. The first-order valence-corrected chi connectivity index (χ1v) is 11.1. The van der Waals surface area contributed by atoms with E-state index in [0.29, 0.717) is 13.0 Å². The zero-order valence-corrected chi connectivity index (χ0v) is 19.7. The predicted octanol–water partition coefficient (Wildman–Crippen LogP) is 4.25. The second-order valence-corrected chi connectivity index (χ2v) is 9.60. The molecule has 1 aromatic rings. The van der Waals surface area contributed by atoms with Crippen molar-refractivity contribution in [1.82, 2.24) is 4.90 Å². The molecule has 0 N–H and O–H groups in total. The minimum absolute atomic E-state index is 0.0241. The number of carbonyl (C=O) groups excluding carboxylic acids is 2. The molecule has 0 aromatic heterocycles. The highest BCUT2D eigenvalue weighted by atomic mass is 32.2. The van der Waals surface area contributed by atoms with Crippen molar-refractivity contribution < 1.29 is 18.7 Å². The van der Waals surface area contributed by atoms with E-state index in [-0.39, 0.29) is 39.6 Å². The molecule has 0 unspecified atom stereocenters. The normalized spacial score (nSPS) is 16.1. The van der Waals surface area contributed by atoms with Crippen molar-refractivity contribution in [3.8, 4) is 6.07 Å². The van der Waals surface area contributed by atoms with Gasteiger partial charge in [0.2, 0.25) is 0 Å². The number of rotatable bonds is 6. The molecule has 1 aromatic carbocycles. The number of nitrogens with zero attached hydrogens (tertiary/aromatic N) is 3. The molecule has 9 heteroatoms. The third-order valence-electron chi connectivity index (χ3n) is 4.65. The van der Waals surface area contributed by atoms with Gasteiger partial charge in [-0.2, -0.15) is 5.26 Å². The van der Waals surface area contributed by atoms with Gasteiger partial charge in [0.25, 0.3) is 5.91 Å². The molecule has 1 aliphatic rings. The fraction of sp³-hybridized carbons (Fsp3) is 0.524. The molecule has 2 rings (SSSR count). The Morgan fingerprint density at radius 1 is 1.37 bits per heavy atom. The van der Waals surface area contributed by atoms with Crippen molar-refractivity contribution in [2.75, 3.05) is 17.7 Å². The lowest BCUT2D eigenvalue weighted by molar-refractivity contribution is -0.154. The molecule has 6 nitrogen and oxygen atoms in total. The van der Waals surface area contributed by atoms with Crippen LogP contribution in [0.4, 0.5) is 10.1 Å². The lowest BCUT2D eigenvalue weighted by Crippen LogP contribution is -2.44. The van der Waals surface area contributed by atoms with Gasteiger partial charge >= 0.3 is 5.97 Å². The number of nitriles is 1. The van der Waals surface area contributed by atoms with Crippen molar-refractivity contribution in [3.63, 3.8) is 0 Å². The molecule has 0 spiro atoms. The highest BCUT2D eigenvalue weighted by Gasteiger charge is 2.50. The predicted molar refractivity (Wildman–Crippen MR) is 119 cm³/mol. The summed E-state index contributed by atoms with van der Waals surface area (Å²) in [4.78, 5) is 28.1. The molecular weight excluding hydrogens is 425 g/mol. The monoisotopic (exact) mass is 451 g/mol. The molecule has 0 saturated carbocycles. The van der Waals surface area contributed by atoms with Crippen LogP contribution in [-0.4, -0.2) is 45.8 Å². The number of anilines is 1. The van der Waals surface area contributed by atoms with Crippen molar-refractivity contribution in [2.24, 2.45) is 0 Å². The van der Waals surface area contributed by atoms with E-state index < -0.39 is 17.0 Å². The number of esters is 1. The second kappa shape index (κ2) is 8.90. The van der Waals surface area contributed by atoms with Gasteiger partial charge in [-0.15, -0.1) is 11.8 Å². The SMILES string of the molecule is CSc1c(C#N)ccc(N2C(=O)C(C)(C)N(CCCC(=O)OC(C)(C)C)C2=S)c1F. The molecule has 0 aliphatic carbocycles. The number of halogens is 1. The van der Waals surface area contributed by atoms with Gasteiger partial charge in [0.1, 0.15) is 17.2 Å². The van der Waals surface area contributed by atoms with E-state index in [0.717, 1.165) is 11.8 Å². The minimum Gasteiger partial charge on any atom is -0.460 e. The van der Waals surface area contributed by atoms with Crippen LogP contribution in [0.15, 0.2) is 17.0 Å². The average molecular weight is 452 g/mol. The lowest BCUT2D eigenvalue weighted by Gasteiger charge is -2.29. The standard InChI is InChI=1S/C21H26FN3O3S2/c1-20(2,3)28-15(26)8-7-11-24-19(29)25(18(27)21(24,4)5)14-10-9-13(12-23)17(30-6)16(14)22/h9-10H,7-8,11H2,1-6H3. The van der Waals surface area contributed by atoms with Gasteiger partial charge in [-0.1, -0.05) is 0 Å². The maximum atomic E-state index is 15.1. The Balaban J connectivity index is 2.24. The Kier molecular flexibility index (Phi) is 7.15. The number of ether oxygens (including phenoxy) is 1. The van der Waals surface area contributed by atoms with Crippen LogP contribution in [0.1, 0.15) is 53.0 Å². The van der Waals surface area contributed by atoms with E-state index in [4.69, 9.17) is 17.0 Å². The fourth-order valence-corrected chi connectivity index (χ4v) is 4.32. The average Bonchev–Trinajstić information content (AvgIpc) is 2.79. The summed E-state index contributed by atoms with van der Waals surface area (Å²) in [6.45, 7) is 9.18. The Bertz CT molecular complexity index is 919. The van der Waals surface area contributed by atoms with Crippen LogP contribution >= 0.6 is 24.0 Å². The number of thiocarbonyl (C=S) groups is 1. The van der Waals surface area contributed by atoms with E-state index in [1.807, 2.05) is 6.07 Å². The number of hydrogen-bond donors (Lipinski definition) is 0. The number of carbonyl (C=O) groups is 2. The molecule has 1 saturated heterocycles. The van der Waals surface area contributed by atoms with Gasteiger partial charge in [-0.25, -0.2) is 4.39 Å². The fourth-order valence-electron chi connectivity index (χ4n) is 3.20. The van der Waals surface area contributed by atoms with Crippen LogP contribution in [0.25, 0.3) is 0 Å². The lowest BCUT2D eigenvalue weighted by atomic mass is 10.0. The Morgan fingerprint density at radius 3 is 2.53 bits per heavy atom. The first-order chi connectivity index (χ1) is 13.8. The third-order valence-corrected chi connectivity index (χ3v) is 5.86. The van der Waals surface area contributed by atoms with E-state index in [1.165, 1.54) is 17.0 Å². The van der Waals surface area contributed by atoms with Crippen LogP contribution in [0.5, 0.6) is 0 Å². The Hall–Kier alpha value is -2.18. The van der Waals surface area contributed by atoms with Gasteiger partial charge < -0.3 is 9.64 Å². The highest BCUT2D eigenvalue weighted by Crippen LogP contribution is 2.37. The number of hydrogen-bond acceptors (Lipinski definition) is 6. The summed E-state index contributed by atoms with van der Waals surface area (Å²) in [5, 5.41) is 9.36. The Labute approximate surface area is 186 Å². The molecule has 1 amide bonds. The molecule has 0 bridgehead atoms. The molecule has 162 valence electrons. The van der Waals surface area contributed by atoms with Crippen LogP contribution in [-0.2, 0) is 14.3 Å². The summed E-state index contributed by atoms with van der Waals surface area (Å²) in [5.74, 6) is -1.33. The van der Waals surface area contributed by atoms with Gasteiger partial charge in [-0.05, 0) is 71.6 Å². The van der Waals surface area contributed by atoms with Gasteiger partial charge in [0.05, 0.1) is 16.1 Å².